The second-order valence-corrected chi connectivity index (χ2v) is 3.68. The molecule has 1 amide bonds. The smallest absolute Gasteiger partial charge is 0.238 e. The van der Waals surface area contributed by atoms with Crippen molar-refractivity contribution in [3.63, 3.8) is 0 Å². The first-order valence-corrected chi connectivity index (χ1v) is 5.39. The van der Waals surface area contributed by atoms with Crippen LogP contribution in [-0.2, 0) is 9.53 Å². The average Bonchev–Trinajstić information content (AvgIpc) is 2.28. The number of amides is 1. The summed E-state index contributed by atoms with van der Waals surface area (Å²) in [6, 6.07) is 4.26. The quantitative estimate of drug-likeness (QED) is 0.778. The zero-order valence-electron chi connectivity index (χ0n) is 10.5. The predicted octanol–water partition coefficient (Wildman–Crippen LogP) is 1.73. The molecule has 0 heterocycles. The zero-order chi connectivity index (χ0) is 12.7. The topological polar surface area (TPSA) is 50.4 Å². The summed E-state index contributed by atoms with van der Waals surface area (Å²) in [4.78, 5) is 11.5. The van der Waals surface area contributed by atoms with Gasteiger partial charge in [0.15, 0.2) is 0 Å². The SMILES string of the molecule is COCCNCC(=O)Nc1ccc(F)cc1C.Cl. The lowest BCUT2D eigenvalue weighted by atomic mass is 10.2. The van der Waals surface area contributed by atoms with Crippen LogP contribution < -0.4 is 10.6 Å². The van der Waals surface area contributed by atoms with Crippen LogP contribution in [0.15, 0.2) is 18.2 Å². The molecule has 102 valence electrons. The highest BCUT2D eigenvalue weighted by molar-refractivity contribution is 5.92. The van der Waals surface area contributed by atoms with E-state index in [1.807, 2.05) is 0 Å². The van der Waals surface area contributed by atoms with Crippen molar-refractivity contribution < 1.29 is 13.9 Å². The molecular weight excluding hydrogens is 259 g/mol. The van der Waals surface area contributed by atoms with Gasteiger partial charge < -0.3 is 15.4 Å². The summed E-state index contributed by atoms with van der Waals surface area (Å²) in [5.74, 6) is -0.463. The molecule has 0 aliphatic rings. The maximum atomic E-state index is 12.8. The Hall–Kier alpha value is -1.17. The van der Waals surface area contributed by atoms with E-state index in [4.69, 9.17) is 4.74 Å². The van der Waals surface area contributed by atoms with E-state index < -0.39 is 0 Å². The molecule has 0 saturated carbocycles. The molecule has 0 saturated heterocycles. The summed E-state index contributed by atoms with van der Waals surface area (Å²) < 4.78 is 17.7. The minimum atomic E-state index is -0.307. The van der Waals surface area contributed by atoms with Gasteiger partial charge in [0.2, 0.25) is 5.91 Å². The summed E-state index contributed by atoms with van der Waals surface area (Å²) in [7, 11) is 1.60. The van der Waals surface area contributed by atoms with Gasteiger partial charge in [-0.15, -0.1) is 12.4 Å². The second-order valence-electron chi connectivity index (χ2n) is 3.68. The molecule has 0 fully saturated rings. The number of nitrogens with one attached hydrogen (secondary N) is 2. The first-order valence-electron chi connectivity index (χ1n) is 5.39. The fourth-order valence-electron chi connectivity index (χ4n) is 1.34. The molecule has 0 aliphatic heterocycles. The van der Waals surface area contributed by atoms with Crippen LogP contribution in [-0.4, -0.2) is 32.7 Å². The molecule has 18 heavy (non-hydrogen) atoms. The van der Waals surface area contributed by atoms with E-state index >= 15 is 0 Å². The standard InChI is InChI=1S/C12H17FN2O2.ClH/c1-9-7-10(13)3-4-11(9)15-12(16)8-14-5-6-17-2;/h3-4,7,14H,5-6,8H2,1-2H3,(H,15,16);1H. The molecule has 4 nitrogen and oxygen atoms in total. The van der Waals surface area contributed by atoms with Gasteiger partial charge in [0.1, 0.15) is 5.82 Å². The third kappa shape index (κ3) is 5.95. The fraction of sp³-hybridized carbons (Fsp3) is 0.417. The van der Waals surface area contributed by atoms with Crippen molar-refractivity contribution in [3.8, 4) is 0 Å². The first kappa shape index (κ1) is 16.8. The molecule has 0 unspecified atom stereocenters. The van der Waals surface area contributed by atoms with Crippen LogP contribution in [0.3, 0.4) is 0 Å². The minimum Gasteiger partial charge on any atom is -0.383 e. The number of hydrogen-bond donors (Lipinski definition) is 2. The van der Waals surface area contributed by atoms with Crippen LogP contribution in [0.5, 0.6) is 0 Å². The molecule has 1 aromatic rings. The number of methoxy groups -OCH3 is 1. The molecule has 0 radical (unpaired) electrons. The van der Waals surface area contributed by atoms with Crippen molar-refractivity contribution in [2.75, 3.05) is 32.1 Å². The maximum absolute atomic E-state index is 12.8. The van der Waals surface area contributed by atoms with Crippen molar-refractivity contribution >= 4 is 24.0 Å². The second kappa shape index (κ2) is 8.85. The molecule has 0 aliphatic carbocycles. The zero-order valence-corrected chi connectivity index (χ0v) is 11.3. The van der Waals surface area contributed by atoms with E-state index in [1.54, 1.807) is 20.1 Å². The van der Waals surface area contributed by atoms with Crippen molar-refractivity contribution in [2.45, 2.75) is 6.92 Å². The van der Waals surface area contributed by atoms with Crippen LogP contribution >= 0.6 is 12.4 Å². The number of carbonyl (C=O) groups excluding carboxylic acids is 1. The molecule has 2 N–H and O–H groups in total. The average molecular weight is 277 g/mol. The molecule has 0 aromatic heterocycles. The van der Waals surface area contributed by atoms with Gasteiger partial charge in [-0.2, -0.15) is 0 Å². The maximum Gasteiger partial charge on any atom is 0.238 e. The number of aryl methyl sites for hydroxylation is 1. The monoisotopic (exact) mass is 276 g/mol. The van der Waals surface area contributed by atoms with E-state index in [2.05, 4.69) is 10.6 Å². The number of benzene rings is 1. The van der Waals surface area contributed by atoms with Crippen molar-refractivity contribution in [1.82, 2.24) is 5.32 Å². The van der Waals surface area contributed by atoms with Crippen molar-refractivity contribution in [2.24, 2.45) is 0 Å². The molecule has 0 bridgehead atoms. The van der Waals surface area contributed by atoms with E-state index in [1.165, 1.54) is 12.1 Å². The molecule has 0 atom stereocenters. The summed E-state index contributed by atoms with van der Waals surface area (Å²) in [6.07, 6.45) is 0. The number of rotatable bonds is 6. The molecule has 1 aromatic carbocycles. The summed E-state index contributed by atoms with van der Waals surface area (Å²) >= 11 is 0. The van der Waals surface area contributed by atoms with Crippen LogP contribution in [0, 0.1) is 12.7 Å². The Labute approximate surface area is 112 Å². The fourth-order valence-corrected chi connectivity index (χ4v) is 1.34. The van der Waals surface area contributed by atoms with E-state index in [9.17, 15) is 9.18 Å². The Morgan fingerprint density at radius 3 is 2.78 bits per heavy atom. The number of carbonyl (C=O) groups is 1. The molecule has 0 spiro atoms. The summed E-state index contributed by atoms with van der Waals surface area (Å²) in [6.45, 7) is 3.13. The van der Waals surface area contributed by atoms with Crippen LogP contribution in [0.25, 0.3) is 0 Å². The highest BCUT2D eigenvalue weighted by Gasteiger charge is 2.04. The Morgan fingerprint density at radius 2 is 2.17 bits per heavy atom. The van der Waals surface area contributed by atoms with Gasteiger partial charge in [0.25, 0.3) is 0 Å². The number of hydrogen-bond acceptors (Lipinski definition) is 3. The Bertz CT molecular complexity index is 388. The lowest BCUT2D eigenvalue weighted by Crippen LogP contribution is -2.30. The molecular formula is C12H18ClFN2O2. The third-order valence-electron chi connectivity index (χ3n) is 2.23. The van der Waals surface area contributed by atoms with Gasteiger partial charge in [0.05, 0.1) is 13.2 Å². The number of halogens is 2. The normalized spacial score (nSPS) is 9.72. The largest absolute Gasteiger partial charge is 0.383 e. The number of ether oxygens (including phenoxy) is 1. The number of anilines is 1. The van der Waals surface area contributed by atoms with Crippen LogP contribution in [0.2, 0.25) is 0 Å². The summed E-state index contributed by atoms with van der Waals surface area (Å²) in [5, 5.41) is 5.63. The lowest BCUT2D eigenvalue weighted by molar-refractivity contribution is -0.115. The highest BCUT2D eigenvalue weighted by Crippen LogP contribution is 2.15. The van der Waals surface area contributed by atoms with Gasteiger partial charge in [0, 0.05) is 19.3 Å². The van der Waals surface area contributed by atoms with Gasteiger partial charge in [-0.3, -0.25) is 4.79 Å². The third-order valence-corrected chi connectivity index (χ3v) is 2.23. The van der Waals surface area contributed by atoms with Crippen molar-refractivity contribution in [1.29, 1.82) is 0 Å². The first-order chi connectivity index (χ1) is 8.13. The van der Waals surface area contributed by atoms with Gasteiger partial charge in [-0.1, -0.05) is 0 Å². The van der Waals surface area contributed by atoms with Crippen LogP contribution in [0.1, 0.15) is 5.56 Å². The van der Waals surface area contributed by atoms with Gasteiger partial charge in [-0.05, 0) is 30.7 Å². The summed E-state index contributed by atoms with van der Waals surface area (Å²) in [5.41, 5.74) is 1.33. The van der Waals surface area contributed by atoms with Gasteiger partial charge >= 0.3 is 0 Å². The van der Waals surface area contributed by atoms with Crippen molar-refractivity contribution in [3.05, 3.63) is 29.6 Å². The predicted molar refractivity (Wildman–Crippen MR) is 71.8 cm³/mol. The van der Waals surface area contributed by atoms with Gasteiger partial charge in [-0.25, -0.2) is 4.39 Å². The Morgan fingerprint density at radius 1 is 1.44 bits per heavy atom. The Kier molecular flexibility index (Phi) is 8.28. The molecule has 1 rings (SSSR count). The van der Waals surface area contributed by atoms with E-state index in [0.29, 0.717) is 24.4 Å². The van der Waals surface area contributed by atoms with Crippen LogP contribution in [0.4, 0.5) is 10.1 Å². The lowest BCUT2D eigenvalue weighted by Gasteiger charge is -2.09. The minimum absolute atomic E-state index is 0. The van der Waals surface area contributed by atoms with E-state index in [-0.39, 0.29) is 30.7 Å². The van der Waals surface area contributed by atoms with E-state index in [0.717, 1.165) is 0 Å². The molecule has 6 heteroatoms. The highest BCUT2D eigenvalue weighted by atomic mass is 35.5. The Balaban J connectivity index is 0.00000289.